The maximum Gasteiger partial charge on any atom is 0.217 e. The number of piperidine rings is 1. The van der Waals surface area contributed by atoms with E-state index in [0.29, 0.717) is 18.9 Å². The monoisotopic (exact) mass is 364 g/mol. The van der Waals surface area contributed by atoms with Crippen molar-refractivity contribution < 1.29 is 4.79 Å². The molecule has 1 heterocycles. The molecule has 5 nitrogen and oxygen atoms in total. The maximum absolute atomic E-state index is 10.9. The Bertz CT molecular complexity index is 337. The molecule has 0 aliphatic carbocycles. The lowest BCUT2D eigenvalue weighted by Gasteiger charge is -2.34. The van der Waals surface area contributed by atoms with Crippen LogP contribution < -0.4 is 11.1 Å². The highest BCUT2D eigenvalue weighted by molar-refractivity contribution is 14.0. The summed E-state index contributed by atoms with van der Waals surface area (Å²) in [5, 5.41) is 3.09. The van der Waals surface area contributed by atoms with Gasteiger partial charge in [0.25, 0.3) is 0 Å². The number of primary amides is 1. The molecule has 0 saturated carbocycles. The van der Waals surface area contributed by atoms with Crippen LogP contribution in [-0.4, -0.2) is 43.4 Å². The van der Waals surface area contributed by atoms with Gasteiger partial charge in [0.1, 0.15) is 0 Å². The largest absolute Gasteiger partial charge is 0.370 e. The van der Waals surface area contributed by atoms with E-state index in [-0.39, 0.29) is 29.9 Å². The topological polar surface area (TPSA) is 70.7 Å². The smallest absolute Gasteiger partial charge is 0.217 e. The van der Waals surface area contributed by atoms with Crippen LogP contribution in [0.1, 0.15) is 19.3 Å². The second-order valence-electron chi connectivity index (χ2n) is 4.23. The molecule has 1 fully saturated rings. The van der Waals surface area contributed by atoms with Gasteiger partial charge in [0, 0.05) is 26.6 Å². The normalized spacial score (nSPS) is 19.7. The molecule has 1 unspecified atom stereocenters. The van der Waals surface area contributed by atoms with Crippen molar-refractivity contribution in [1.82, 2.24) is 10.2 Å². The van der Waals surface area contributed by atoms with E-state index in [2.05, 4.69) is 21.1 Å². The summed E-state index contributed by atoms with van der Waals surface area (Å²) in [7, 11) is 1.73. The highest BCUT2D eigenvalue weighted by Crippen LogP contribution is 2.19. The van der Waals surface area contributed by atoms with Gasteiger partial charge < -0.3 is 16.0 Å². The van der Waals surface area contributed by atoms with Gasteiger partial charge in [0.05, 0.1) is 6.54 Å². The Morgan fingerprint density at radius 1 is 1.67 bits per heavy atom. The predicted octanol–water partition coefficient (Wildman–Crippen LogP) is 0.400. The van der Waals surface area contributed by atoms with Crippen molar-refractivity contribution in [2.75, 3.05) is 26.7 Å². The number of aliphatic imine (C=N–C) groups is 1. The second kappa shape index (κ2) is 9.03. The molecule has 0 radical (unpaired) electrons. The average molecular weight is 364 g/mol. The Kier molecular flexibility index (Phi) is 8.54. The van der Waals surface area contributed by atoms with E-state index in [1.807, 2.05) is 0 Å². The Morgan fingerprint density at radius 2 is 2.39 bits per heavy atom. The number of guanidine groups is 1. The number of nitrogens with zero attached hydrogens (tertiary/aromatic N) is 2. The summed E-state index contributed by atoms with van der Waals surface area (Å²) >= 11 is 0. The number of terminal acetylenes is 1. The number of carbonyl (C=O) groups excluding carboxylic acids is 1. The van der Waals surface area contributed by atoms with Crippen LogP contribution in [0.15, 0.2) is 4.99 Å². The molecule has 102 valence electrons. The zero-order chi connectivity index (χ0) is 12.7. The Hall–Kier alpha value is -0.970. The number of carbonyl (C=O) groups is 1. The molecular weight excluding hydrogens is 343 g/mol. The Morgan fingerprint density at radius 3 is 2.94 bits per heavy atom. The van der Waals surface area contributed by atoms with Crippen LogP contribution in [0.4, 0.5) is 0 Å². The minimum atomic E-state index is -0.233. The van der Waals surface area contributed by atoms with Gasteiger partial charge in [0.2, 0.25) is 5.91 Å². The van der Waals surface area contributed by atoms with E-state index in [4.69, 9.17) is 12.2 Å². The third kappa shape index (κ3) is 5.58. The number of halogens is 1. The molecule has 6 heteroatoms. The van der Waals surface area contributed by atoms with E-state index >= 15 is 0 Å². The number of nitrogens with two attached hydrogens (primary N) is 1. The summed E-state index contributed by atoms with van der Waals surface area (Å²) in [6.07, 6.45) is 7.75. The Labute approximate surface area is 126 Å². The fraction of sp³-hybridized carbons (Fsp3) is 0.667. The second-order valence-corrected chi connectivity index (χ2v) is 4.23. The molecule has 0 bridgehead atoms. The molecule has 1 aliphatic heterocycles. The standard InChI is InChI=1S/C12H20N4O.HI/c1-3-6-15-12(14-2)16-7-4-5-10(9-16)8-11(13)17;/h1,10H,4-9H2,2H3,(H2,13,17)(H,14,15);1H. The zero-order valence-electron chi connectivity index (χ0n) is 10.7. The lowest BCUT2D eigenvalue weighted by molar-refractivity contribution is -0.119. The van der Waals surface area contributed by atoms with Gasteiger partial charge in [-0.05, 0) is 18.8 Å². The molecule has 0 spiro atoms. The molecule has 1 saturated heterocycles. The van der Waals surface area contributed by atoms with Crippen LogP contribution in [-0.2, 0) is 4.79 Å². The number of nitrogens with one attached hydrogen (secondary N) is 1. The lowest BCUT2D eigenvalue weighted by Crippen LogP contribution is -2.47. The fourth-order valence-corrected chi connectivity index (χ4v) is 2.17. The molecule has 1 amide bonds. The van der Waals surface area contributed by atoms with E-state index in [0.717, 1.165) is 31.9 Å². The van der Waals surface area contributed by atoms with E-state index < -0.39 is 0 Å². The first-order chi connectivity index (χ1) is 8.17. The molecule has 0 aromatic carbocycles. The van der Waals surface area contributed by atoms with Gasteiger partial charge in [-0.15, -0.1) is 30.4 Å². The molecule has 1 atom stereocenters. The number of hydrogen-bond acceptors (Lipinski definition) is 2. The predicted molar refractivity (Wildman–Crippen MR) is 83.7 cm³/mol. The average Bonchev–Trinajstić information content (AvgIpc) is 2.30. The van der Waals surface area contributed by atoms with Crippen LogP contribution in [0.5, 0.6) is 0 Å². The summed E-state index contributed by atoms with van der Waals surface area (Å²) in [5.74, 6) is 3.42. The summed E-state index contributed by atoms with van der Waals surface area (Å²) in [4.78, 5) is 17.2. The molecule has 18 heavy (non-hydrogen) atoms. The summed E-state index contributed by atoms with van der Waals surface area (Å²) < 4.78 is 0. The van der Waals surface area contributed by atoms with Crippen molar-refractivity contribution in [3.63, 3.8) is 0 Å². The summed E-state index contributed by atoms with van der Waals surface area (Å²) in [5.41, 5.74) is 5.23. The number of rotatable bonds is 3. The van der Waals surface area contributed by atoms with Gasteiger partial charge >= 0.3 is 0 Å². The molecule has 3 N–H and O–H groups in total. The summed E-state index contributed by atoms with van der Waals surface area (Å²) in [6.45, 7) is 2.22. The van der Waals surface area contributed by atoms with Crippen LogP contribution in [0.3, 0.4) is 0 Å². The Balaban J connectivity index is 0.00000289. The van der Waals surface area contributed by atoms with E-state index in [1.54, 1.807) is 7.05 Å². The zero-order valence-corrected chi connectivity index (χ0v) is 13.0. The number of hydrogen-bond donors (Lipinski definition) is 2. The minimum Gasteiger partial charge on any atom is -0.370 e. The molecule has 0 aromatic heterocycles. The van der Waals surface area contributed by atoms with Gasteiger partial charge in [-0.1, -0.05) is 5.92 Å². The van der Waals surface area contributed by atoms with Crippen molar-refractivity contribution >= 4 is 35.8 Å². The van der Waals surface area contributed by atoms with E-state index in [9.17, 15) is 4.79 Å². The number of likely N-dealkylation sites (tertiary alicyclic amines) is 1. The van der Waals surface area contributed by atoms with Crippen molar-refractivity contribution in [3.8, 4) is 12.3 Å². The SMILES string of the molecule is C#CCNC(=NC)N1CCCC(CC(N)=O)C1.I. The van der Waals surface area contributed by atoms with Gasteiger partial charge in [-0.2, -0.15) is 0 Å². The highest BCUT2D eigenvalue weighted by Gasteiger charge is 2.23. The van der Waals surface area contributed by atoms with Gasteiger partial charge in [-0.25, -0.2) is 0 Å². The van der Waals surface area contributed by atoms with Crippen molar-refractivity contribution in [3.05, 3.63) is 0 Å². The molecule has 1 rings (SSSR count). The third-order valence-electron chi connectivity index (χ3n) is 2.87. The first kappa shape index (κ1) is 17.0. The lowest BCUT2D eigenvalue weighted by atomic mass is 9.95. The van der Waals surface area contributed by atoms with Crippen molar-refractivity contribution in [2.24, 2.45) is 16.6 Å². The van der Waals surface area contributed by atoms with Crippen molar-refractivity contribution in [1.29, 1.82) is 0 Å². The summed E-state index contributed by atoms with van der Waals surface area (Å²) in [6, 6.07) is 0. The van der Waals surface area contributed by atoms with Crippen LogP contribution in [0.2, 0.25) is 0 Å². The minimum absolute atomic E-state index is 0. The van der Waals surface area contributed by atoms with Crippen LogP contribution >= 0.6 is 24.0 Å². The van der Waals surface area contributed by atoms with Crippen LogP contribution in [0.25, 0.3) is 0 Å². The first-order valence-electron chi connectivity index (χ1n) is 5.84. The van der Waals surface area contributed by atoms with Crippen LogP contribution in [0, 0.1) is 18.3 Å². The van der Waals surface area contributed by atoms with Gasteiger partial charge in [-0.3, -0.25) is 9.79 Å². The van der Waals surface area contributed by atoms with E-state index in [1.165, 1.54) is 0 Å². The quantitative estimate of drug-likeness (QED) is 0.330. The van der Waals surface area contributed by atoms with Gasteiger partial charge in [0.15, 0.2) is 5.96 Å². The molecule has 0 aromatic rings. The highest BCUT2D eigenvalue weighted by atomic mass is 127. The molecular formula is C12H21IN4O. The number of amides is 1. The first-order valence-corrected chi connectivity index (χ1v) is 5.84. The maximum atomic E-state index is 10.9. The molecule has 1 aliphatic rings. The van der Waals surface area contributed by atoms with Crippen molar-refractivity contribution in [2.45, 2.75) is 19.3 Å². The fourth-order valence-electron chi connectivity index (χ4n) is 2.17. The third-order valence-corrected chi connectivity index (χ3v) is 2.87.